The number of halogens is 2. The molecule has 2 aromatic carbocycles. The van der Waals surface area contributed by atoms with Gasteiger partial charge in [-0.1, -0.05) is 30.3 Å². The smallest absolute Gasteiger partial charge is 0.119 e. The molecular weight excluding hydrogens is 379 g/mol. The zero-order chi connectivity index (χ0) is 16.9. The van der Waals surface area contributed by atoms with Crippen LogP contribution in [0, 0.1) is 0 Å². The van der Waals surface area contributed by atoms with E-state index in [1.165, 1.54) is 41.5 Å². The molecule has 0 amide bonds. The van der Waals surface area contributed by atoms with Crippen molar-refractivity contribution >= 4 is 24.8 Å². The molecular formula is C22H30Cl2N2O. The predicted molar refractivity (Wildman–Crippen MR) is 117 cm³/mol. The minimum Gasteiger partial charge on any atom is -0.493 e. The number of nitrogens with one attached hydrogen (secondary N) is 1. The van der Waals surface area contributed by atoms with E-state index >= 15 is 0 Å². The summed E-state index contributed by atoms with van der Waals surface area (Å²) in [6, 6.07) is 15.6. The van der Waals surface area contributed by atoms with E-state index in [1.54, 1.807) is 0 Å². The molecule has 0 bridgehead atoms. The van der Waals surface area contributed by atoms with Gasteiger partial charge >= 0.3 is 0 Å². The molecule has 0 atom stereocenters. The highest BCUT2D eigenvalue weighted by molar-refractivity contribution is 5.85. The molecule has 2 aromatic rings. The first-order valence-corrected chi connectivity index (χ1v) is 9.62. The van der Waals surface area contributed by atoms with E-state index in [0.29, 0.717) is 0 Å². The van der Waals surface area contributed by atoms with Crippen LogP contribution in [0.2, 0.25) is 0 Å². The molecule has 0 unspecified atom stereocenters. The van der Waals surface area contributed by atoms with Gasteiger partial charge in [-0.15, -0.1) is 24.8 Å². The van der Waals surface area contributed by atoms with Crippen molar-refractivity contribution < 1.29 is 4.74 Å². The third-order valence-electron chi connectivity index (χ3n) is 5.37. The van der Waals surface area contributed by atoms with Gasteiger partial charge in [0.05, 0.1) is 6.61 Å². The van der Waals surface area contributed by atoms with Gasteiger partial charge < -0.3 is 10.1 Å². The zero-order valence-corrected chi connectivity index (χ0v) is 17.4. The van der Waals surface area contributed by atoms with Crippen molar-refractivity contribution in [1.82, 2.24) is 10.2 Å². The van der Waals surface area contributed by atoms with Crippen molar-refractivity contribution in [1.29, 1.82) is 0 Å². The summed E-state index contributed by atoms with van der Waals surface area (Å²) in [5, 5.41) is 3.40. The van der Waals surface area contributed by atoms with E-state index in [1.807, 2.05) is 0 Å². The highest BCUT2D eigenvalue weighted by Gasteiger charge is 2.11. The minimum atomic E-state index is 0. The van der Waals surface area contributed by atoms with E-state index in [0.717, 1.165) is 51.5 Å². The third-order valence-corrected chi connectivity index (χ3v) is 5.37. The van der Waals surface area contributed by atoms with Crippen LogP contribution in [0.3, 0.4) is 0 Å². The average Bonchev–Trinajstić information content (AvgIpc) is 3.12. The molecule has 1 saturated heterocycles. The molecule has 0 spiro atoms. The lowest BCUT2D eigenvalue weighted by Gasteiger charge is -2.27. The molecule has 1 fully saturated rings. The number of benzene rings is 2. The maximum atomic E-state index is 5.97. The van der Waals surface area contributed by atoms with Crippen molar-refractivity contribution in [2.45, 2.75) is 32.2 Å². The molecule has 1 heterocycles. The summed E-state index contributed by atoms with van der Waals surface area (Å²) in [6.45, 7) is 6.33. The lowest BCUT2D eigenvalue weighted by Crippen LogP contribution is -2.42. The Hall–Kier alpha value is -1.26. The van der Waals surface area contributed by atoms with Gasteiger partial charge in [-0.25, -0.2) is 0 Å². The van der Waals surface area contributed by atoms with Gasteiger partial charge in [-0.3, -0.25) is 4.90 Å². The van der Waals surface area contributed by atoms with E-state index in [9.17, 15) is 0 Å². The monoisotopic (exact) mass is 408 g/mol. The van der Waals surface area contributed by atoms with Crippen molar-refractivity contribution in [2.75, 3.05) is 32.8 Å². The number of rotatable bonds is 6. The van der Waals surface area contributed by atoms with Crippen LogP contribution in [0.15, 0.2) is 42.5 Å². The van der Waals surface area contributed by atoms with Crippen molar-refractivity contribution in [2.24, 2.45) is 0 Å². The van der Waals surface area contributed by atoms with Crippen LogP contribution in [0.1, 0.15) is 28.7 Å². The van der Waals surface area contributed by atoms with Crippen LogP contribution >= 0.6 is 24.8 Å². The Morgan fingerprint density at radius 2 is 1.56 bits per heavy atom. The van der Waals surface area contributed by atoms with Crippen LogP contribution < -0.4 is 10.1 Å². The fourth-order valence-corrected chi connectivity index (χ4v) is 3.86. The standard InChI is InChI=1S/C22H28N2O.2ClH/c1-2-20-8-9-22(16-21(20)3-1)25-15-10-18-4-6-19(7-5-18)17-24-13-11-23-12-14-24;;/h4-9,16,23H,1-3,10-15,17H2;2*1H. The fourth-order valence-electron chi connectivity index (χ4n) is 3.86. The minimum absolute atomic E-state index is 0. The molecule has 4 rings (SSSR count). The SMILES string of the molecule is Cl.Cl.c1cc(CN2CCNCC2)ccc1CCOc1ccc2c(c1)CCC2. The van der Waals surface area contributed by atoms with Gasteiger partial charge in [-0.2, -0.15) is 0 Å². The summed E-state index contributed by atoms with van der Waals surface area (Å²) in [5.41, 5.74) is 5.75. The van der Waals surface area contributed by atoms with Crippen molar-refractivity contribution in [3.8, 4) is 5.75 Å². The number of ether oxygens (including phenoxy) is 1. The summed E-state index contributed by atoms with van der Waals surface area (Å²) in [4.78, 5) is 2.52. The number of fused-ring (bicyclic) bond motifs is 1. The largest absolute Gasteiger partial charge is 0.493 e. The van der Waals surface area contributed by atoms with E-state index in [4.69, 9.17) is 4.74 Å². The lowest BCUT2D eigenvalue weighted by atomic mass is 10.1. The van der Waals surface area contributed by atoms with E-state index in [-0.39, 0.29) is 24.8 Å². The molecule has 0 saturated carbocycles. The maximum Gasteiger partial charge on any atom is 0.119 e. The van der Waals surface area contributed by atoms with Gasteiger partial charge in [0.1, 0.15) is 5.75 Å². The fraction of sp³-hybridized carbons (Fsp3) is 0.455. The maximum absolute atomic E-state index is 5.97. The Balaban J connectivity index is 0.00000131. The second-order valence-corrected chi connectivity index (χ2v) is 7.23. The molecule has 5 heteroatoms. The normalized spacial score (nSPS) is 16.1. The van der Waals surface area contributed by atoms with Crippen molar-refractivity contribution in [3.05, 3.63) is 64.7 Å². The van der Waals surface area contributed by atoms with Gasteiger partial charge in [-0.05, 0) is 53.6 Å². The van der Waals surface area contributed by atoms with E-state index < -0.39 is 0 Å². The van der Waals surface area contributed by atoms with Crippen LogP contribution in [0.4, 0.5) is 0 Å². The summed E-state index contributed by atoms with van der Waals surface area (Å²) < 4.78 is 5.97. The summed E-state index contributed by atoms with van der Waals surface area (Å²) in [6.07, 6.45) is 4.70. The lowest BCUT2D eigenvalue weighted by molar-refractivity contribution is 0.233. The first-order chi connectivity index (χ1) is 12.4. The van der Waals surface area contributed by atoms with Crippen molar-refractivity contribution in [3.63, 3.8) is 0 Å². The molecule has 1 aliphatic heterocycles. The van der Waals surface area contributed by atoms with Crippen LogP contribution in [-0.4, -0.2) is 37.7 Å². The number of aryl methyl sites for hydroxylation is 2. The molecule has 27 heavy (non-hydrogen) atoms. The molecule has 1 aliphatic carbocycles. The summed E-state index contributed by atoms with van der Waals surface area (Å²) in [5.74, 6) is 1.02. The van der Waals surface area contributed by atoms with Gasteiger partial charge in [0.2, 0.25) is 0 Å². The molecule has 2 aliphatic rings. The second-order valence-electron chi connectivity index (χ2n) is 7.23. The first kappa shape index (κ1) is 22.0. The first-order valence-electron chi connectivity index (χ1n) is 9.62. The topological polar surface area (TPSA) is 24.5 Å². The molecule has 1 N–H and O–H groups in total. The molecule has 148 valence electrons. The molecule has 0 aromatic heterocycles. The second kappa shape index (κ2) is 10.9. The van der Waals surface area contributed by atoms with Gasteiger partial charge in [0, 0.05) is 39.1 Å². The number of hydrogen-bond acceptors (Lipinski definition) is 3. The molecule has 0 radical (unpaired) electrons. The number of piperazine rings is 1. The Bertz CT molecular complexity index is 700. The highest BCUT2D eigenvalue weighted by atomic mass is 35.5. The van der Waals surface area contributed by atoms with Gasteiger partial charge in [0.25, 0.3) is 0 Å². The molecule has 3 nitrogen and oxygen atoms in total. The third kappa shape index (κ3) is 6.11. The van der Waals surface area contributed by atoms with E-state index in [2.05, 4.69) is 52.7 Å². The predicted octanol–water partition coefficient (Wildman–Crippen LogP) is 4.05. The average molecular weight is 409 g/mol. The quantitative estimate of drug-likeness (QED) is 0.779. The van der Waals surface area contributed by atoms with Crippen LogP contribution in [0.25, 0.3) is 0 Å². The highest BCUT2D eigenvalue weighted by Crippen LogP contribution is 2.26. The number of hydrogen-bond donors (Lipinski definition) is 1. The Labute approximate surface area is 175 Å². The zero-order valence-electron chi connectivity index (χ0n) is 15.8. The Morgan fingerprint density at radius 1 is 0.852 bits per heavy atom. The summed E-state index contributed by atoms with van der Waals surface area (Å²) in [7, 11) is 0. The van der Waals surface area contributed by atoms with Gasteiger partial charge in [0.15, 0.2) is 0 Å². The number of nitrogens with zero attached hydrogens (tertiary/aromatic N) is 1. The Morgan fingerprint density at radius 3 is 2.33 bits per heavy atom. The van der Waals surface area contributed by atoms with Crippen LogP contribution in [0.5, 0.6) is 5.75 Å². The summed E-state index contributed by atoms with van der Waals surface area (Å²) >= 11 is 0. The van der Waals surface area contributed by atoms with Crippen LogP contribution in [-0.2, 0) is 25.8 Å². The Kier molecular flexibility index (Phi) is 8.91.